The minimum absolute atomic E-state index is 0.0930. The fourth-order valence-electron chi connectivity index (χ4n) is 12.8. The summed E-state index contributed by atoms with van der Waals surface area (Å²) in [5.41, 5.74) is 0. The van der Waals surface area contributed by atoms with E-state index in [-0.39, 0.29) is 19.3 Å². The van der Waals surface area contributed by atoms with Gasteiger partial charge in [0.1, 0.15) is 25.4 Å². The molecular weight excluding hydrogens is 1530 g/mol. The molecule has 0 radical (unpaired) electrons. The van der Waals surface area contributed by atoms with Gasteiger partial charge in [-0.3, -0.25) is 32.5 Å². The highest BCUT2D eigenvalue weighted by Gasteiger charge is 2.30. The summed E-state index contributed by atoms with van der Waals surface area (Å²) < 4.78 is 61.6. The van der Waals surface area contributed by atoms with E-state index in [1.54, 1.807) is 0 Å². The zero-order valence-electron chi connectivity index (χ0n) is 75.2. The van der Waals surface area contributed by atoms with Gasteiger partial charge in [0.15, 0.2) is 6.10 Å². The number of hydrogen-bond acceptors (Lipinski definition) is 14. The van der Waals surface area contributed by atoms with Gasteiger partial charge in [0.25, 0.3) is 0 Å². The molecule has 0 fully saturated rings. The second-order valence-corrected chi connectivity index (χ2v) is 34.3. The van der Waals surface area contributed by atoms with E-state index in [1.807, 2.05) is 0 Å². The highest BCUT2D eigenvalue weighted by Crippen LogP contribution is 2.45. The summed E-state index contributed by atoms with van der Waals surface area (Å²) in [6, 6.07) is 0. The summed E-state index contributed by atoms with van der Waals surface area (Å²) in [7, 11) is -9.82. The van der Waals surface area contributed by atoms with E-state index in [9.17, 15) is 43.5 Å². The topological polar surface area (TPSA) is 231 Å². The monoisotopic (exact) mass is 1700 g/mol. The number of ether oxygens (including phenoxy) is 3. The van der Waals surface area contributed by atoms with Gasteiger partial charge in [-0.2, -0.15) is 0 Å². The Hall–Kier alpha value is -5.09. The van der Waals surface area contributed by atoms with Crippen molar-refractivity contribution in [3.05, 3.63) is 170 Å². The lowest BCUT2D eigenvalue weighted by atomic mass is 10.0. The quantitative estimate of drug-likeness (QED) is 0.0146. The molecule has 0 aromatic heterocycles. The normalized spacial score (nSPS) is 14.5. The predicted molar refractivity (Wildman–Crippen MR) is 500 cm³/mol. The third kappa shape index (κ3) is 93.5. The minimum atomic E-state index is -4.95. The highest BCUT2D eigenvalue weighted by atomic mass is 31.2. The van der Waals surface area contributed by atoms with Crippen molar-refractivity contribution in [1.82, 2.24) is 0 Å². The number of allylic oxidation sites excluding steroid dienone is 28. The molecule has 0 saturated heterocycles. The lowest BCUT2D eigenvalue weighted by Gasteiger charge is -2.21. The third-order valence-corrected chi connectivity index (χ3v) is 21.8. The van der Waals surface area contributed by atoms with Crippen LogP contribution in [0.3, 0.4) is 0 Å². The number of esters is 3. The second kappa shape index (κ2) is 92.1. The van der Waals surface area contributed by atoms with Crippen LogP contribution in [-0.2, 0) is 55.8 Å². The van der Waals surface area contributed by atoms with Crippen molar-refractivity contribution in [1.29, 1.82) is 0 Å². The van der Waals surface area contributed by atoms with Crippen molar-refractivity contribution in [3.8, 4) is 0 Å². The average molecular weight is 1700 g/mol. The van der Waals surface area contributed by atoms with E-state index in [0.29, 0.717) is 19.3 Å². The van der Waals surface area contributed by atoms with E-state index in [1.165, 1.54) is 167 Å². The number of rotatable bonds is 89. The molecule has 0 spiro atoms. The molecule has 0 bridgehead atoms. The molecule has 682 valence electrons. The largest absolute Gasteiger partial charge is 0.472 e. The maximum absolute atomic E-state index is 13.1. The highest BCUT2D eigenvalue weighted by molar-refractivity contribution is 7.47. The molecule has 4 N–H and O–H groups in total. The van der Waals surface area contributed by atoms with Gasteiger partial charge in [0, 0.05) is 19.3 Å². The first kappa shape index (κ1) is 114. The fourth-order valence-corrected chi connectivity index (χ4v) is 14.4. The van der Waals surface area contributed by atoms with Crippen molar-refractivity contribution in [2.75, 3.05) is 39.6 Å². The summed E-state index contributed by atoms with van der Waals surface area (Å²) in [4.78, 5) is 59.1. The van der Waals surface area contributed by atoms with E-state index < -0.39 is 91.5 Å². The number of hydrogen-bond donors (Lipinski definition) is 4. The van der Waals surface area contributed by atoms with Crippen molar-refractivity contribution >= 4 is 33.6 Å². The molecule has 119 heavy (non-hydrogen) atoms. The molecule has 0 heterocycles. The second-order valence-electron chi connectivity index (χ2n) is 31.4. The lowest BCUT2D eigenvalue weighted by Crippen LogP contribution is -2.30. The van der Waals surface area contributed by atoms with Crippen LogP contribution >= 0.6 is 15.6 Å². The summed E-state index contributed by atoms with van der Waals surface area (Å²) in [5.74, 6) is -1.58. The number of aliphatic hydroxyl groups is 2. The van der Waals surface area contributed by atoms with Crippen LogP contribution in [0.1, 0.15) is 393 Å². The van der Waals surface area contributed by atoms with Gasteiger partial charge in [-0.1, -0.05) is 390 Å². The molecule has 0 aliphatic heterocycles. The zero-order valence-corrected chi connectivity index (χ0v) is 77.0. The average Bonchev–Trinajstić information content (AvgIpc) is 0.905. The molecule has 0 aliphatic carbocycles. The van der Waals surface area contributed by atoms with Crippen molar-refractivity contribution in [2.24, 2.45) is 0 Å². The predicted octanol–water partition coefficient (Wildman–Crippen LogP) is 29.4. The summed E-state index contributed by atoms with van der Waals surface area (Å²) in [5, 5.41) is 20.8. The minimum Gasteiger partial charge on any atom is -0.463 e. The van der Waals surface area contributed by atoms with Crippen LogP contribution in [-0.4, -0.2) is 95.9 Å². The number of aliphatic hydroxyl groups excluding tert-OH is 2. The Balaban J connectivity index is 4.63. The number of phosphoric acid groups is 2. The molecule has 0 aliphatic rings. The Labute approximate surface area is 726 Å². The van der Waals surface area contributed by atoms with Gasteiger partial charge in [0.2, 0.25) is 0 Å². The maximum Gasteiger partial charge on any atom is 0.472 e. The molecule has 0 saturated carbocycles. The van der Waals surface area contributed by atoms with Crippen LogP contribution in [0, 0.1) is 0 Å². The van der Waals surface area contributed by atoms with Crippen LogP contribution in [0.2, 0.25) is 0 Å². The van der Waals surface area contributed by atoms with Gasteiger partial charge >= 0.3 is 33.6 Å². The standard InChI is InChI=1S/C101H172O16P2/c1-4-7-10-13-16-19-22-25-28-31-34-37-40-43-45-46-47-48-50-53-54-57-60-63-66-69-72-75-78-81-84-87-99(104)111-90-96(102)91-113-118(107,108)114-92-97(103)93-115-119(109,110)116-95-98(117-101(106)89-86-83-80-77-74-71-68-65-62-59-56-51-42-39-36-33-30-27-24-21-18-15-12-9-6-3)94-112-100(105)88-85-82-79-76-73-70-67-64-61-58-55-52-49-44-41-38-35-32-29-26-23-20-17-14-11-8-5-2/h7-8,10-11,16-21,25-30,34-39,43-45,49,51,56,96-98,102-103H,4-6,9,12-15,22-24,31-33,40-42,46-48,50,52-55,57-95H2,1-3H3,(H,107,108)(H,109,110)/b10-7-,11-8-,19-16-,20-17-,21-18-,28-25-,29-26-,30-27-,37-34-,38-35-,39-36-,45-43-,49-44-,56-51-. The van der Waals surface area contributed by atoms with Gasteiger partial charge in [0.05, 0.1) is 26.4 Å². The zero-order chi connectivity index (χ0) is 86.5. The van der Waals surface area contributed by atoms with Gasteiger partial charge in [-0.25, -0.2) is 9.13 Å². The first-order valence-electron chi connectivity index (χ1n) is 47.4. The van der Waals surface area contributed by atoms with Gasteiger partial charge in [-0.15, -0.1) is 0 Å². The van der Waals surface area contributed by atoms with Gasteiger partial charge < -0.3 is 34.2 Å². The van der Waals surface area contributed by atoms with E-state index >= 15 is 0 Å². The van der Waals surface area contributed by atoms with Crippen molar-refractivity contribution in [2.45, 2.75) is 411 Å². The SMILES string of the molecule is CC/C=C\C/C=C\C/C=C\C/C=C\C/C=C\CCCCCCCCCCCCCCCCCC(=O)OCC(O)COP(=O)(O)OCC(O)COP(=O)(O)OCC(COC(=O)CCCCCCCCCCCCC/C=C\C/C=C\C/C=C\C/C=C\C/C=C\CC)OC(=O)CCCCCCCCCCC/C=C\C/C=C\C/C=C\C/C=C\CCCCC. The van der Waals surface area contributed by atoms with Crippen LogP contribution in [0.25, 0.3) is 0 Å². The Bertz CT molecular complexity index is 2840. The summed E-state index contributed by atoms with van der Waals surface area (Å²) >= 11 is 0. The molecular formula is C101H172O16P2. The molecule has 0 amide bonds. The Morgan fingerprint density at radius 1 is 0.244 bits per heavy atom. The number of carbonyl (C=O) groups excluding carboxylic acids is 3. The lowest BCUT2D eigenvalue weighted by molar-refractivity contribution is -0.161. The van der Waals surface area contributed by atoms with Crippen LogP contribution in [0.4, 0.5) is 0 Å². The Kier molecular flexibility index (Phi) is 88.2. The molecule has 5 unspecified atom stereocenters. The van der Waals surface area contributed by atoms with E-state index in [4.69, 9.17) is 32.3 Å². The first-order valence-corrected chi connectivity index (χ1v) is 50.4. The first-order chi connectivity index (χ1) is 58.2. The third-order valence-electron chi connectivity index (χ3n) is 19.9. The molecule has 16 nitrogen and oxygen atoms in total. The molecule has 18 heteroatoms. The maximum atomic E-state index is 13.1. The molecule has 0 aromatic rings. The Morgan fingerprint density at radius 3 is 0.706 bits per heavy atom. The molecule has 0 aromatic carbocycles. The number of unbranched alkanes of at least 4 members (excludes halogenated alkanes) is 38. The van der Waals surface area contributed by atoms with Crippen LogP contribution in [0.15, 0.2) is 170 Å². The summed E-state index contributed by atoms with van der Waals surface area (Å²) in [6.45, 7) is 2.47. The van der Waals surface area contributed by atoms with Crippen LogP contribution in [0.5, 0.6) is 0 Å². The van der Waals surface area contributed by atoms with E-state index in [0.717, 1.165) is 167 Å². The van der Waals surface area contributed by atoms with Crippen molar-refractivity contribution < 1.29 is 75.8 Å². The van der Waals surface area contributed by atoms with Crippen molar-refractivity contribution in [3.63, 3.8) is 0 Å². The number of phosphoric ester groups is 2. The fraction of sp³-hybridized carbons (Fsp3) is 0.693. The molecule has 0 rings (SSSR count). The van der Waals surface area contributed by atoms with Gasteiger partial charge in [-0.05, 0) is 154 Å². The molecule has 5 atom stereocenters. The summed E-state index contributed by atoms with van der Waals surface area (Å²) in [6.07, 6.45) is 120. The van der Waals surface area contributed by atoms with E-state index in [2.05, 4.69) is 191 Å². The number of carbonyl (C=O) groups is 3. The Morgan fingerprint density at radius 2 is 0.445 bits per heavy atom. The van der Waals surface area contributed by atoms with Crippen LogP contribution < -0.4 is 0 Å². The smallest absolute Gasteiger partial charge is 0.463 e.